The molecule has 0 aromatic heterocycles. The van der Waals surface area contributed by atoms with Crippen LogP contribution in [-0.2, 0) is 0 Å². The minimum atomic E-state index is 0.321. The molecule has 1 aromatic carbocycles. The monoisotopic (exact) mass is 233 g/mol. The minimum absolute atomic E-state index is 0.321. The highest BCUT2D eigenvalue weighted by molar-refractivity contribution is 5.39. The fourth-order valence-electron chi connectivity index (χ4n) is 1.77. The molecule has 0 saturated heterocycles. The van der Waals surface area contributed by atoms with Gasteiger partial charge < -0.3 is 10.1 Å². The Labute approximate surface area is 105 Å². The number of aryl methyl sites for hydroxylation is 1. The van der Waals surface area contributed by atoms with Crippen LogP contribution in [-0.4, -0.2) is 13.2 Å². The van der Waals surface area contributed by atoms with Crippen molar-refractivity contribution in [3.8, 4) is 5.75 Å². The van der Waals surface area contributed by atoms with Crippen LogP contribution in [0.4, 0.5) is 0 Å². The molecule has 94 valence electrons. The molecule has 0 bridgehead atoms. The third kappa shape index (κ3) is 4.23. The van der Waals surface area contributed by atoms with E-state index in [4.69, 9.17) is 4.74 Å². The molecule has 17 heavy (non-hydrogen) atoms. The van der Waals surface area contributed by atoms with Gasteiger partial charge in [0.2, 0.25) is 0 Å². The van der Waals surface area contributed by atoms with Crippen molar-refractivity contribution in [3.63, 3.8) is 0 Å². The predicted molar refractivity (Wildman–Crippen MR) is 73.6 cm³/mol. The zero-order chi connectivity index (χ0) is 12.7. The summed E-state index contributed by atoms with van der Waals surface area (Å²) in [6.45, 7) is 9.96. The number of hydrogen-bond donors (Lipinski definition) is 1. The van der Waals surface area contributed by atoms with Gasteiger partial charge in [-0.05, 0) is 38.9 Å². The molecule has 1 unspecified atom stereocenters. The zero-order valence-corrected chi connectivity index (χ0v) is 11.3. The van der Waals surface area contributed by atoms with Gasteiger partial charge in [-0.15, -0.1) is 0 Å². The lowest BCUT2D eigenvalue weighted by Gasteiger charge is -2.17. The lowest BCUT2D eigenvalue weighted by molar-refractivity contribution is 0.353. The summed E-state index contributed by atoms with van der Waals surface area (Å²) in [5.41, 5.74) is 2.45. The van der Waals surface area contributed by atoms with Crippen LogP contribution in [0.3, 0.4) is 0 Å². The second kappa shape index (κ2) is 7.13. The van der Waals surface area contributed by atoms with Gasteiger partial charge in [-0.2, -0.15) is 0 Å². The molecular formula is C15H23NO. The maximum Gasteiger partial charge on any atom is 0.124 e. The summed E-state index contributed by atoms with van der Waals surface area (Å²) in [6.07, 6.45) is 4.02. The maximum atomic E-state index is 5.80. The number of benzene rings is 1. The van der Waals surface area contributed by atoms with Crippen LogP contribution in [0, 0.1) is 6.92 Å². The van der Waals surface area contributed by atoms with E-state index in [1.807, 2.05) is 19.1 Å². The van der Waals surface area contributed by atoms with Crippen LogP contribution in [0.5, 0.6) is 5.75 Å². The number of allylic oxidation sites excluding steroid dienone is 1. The Balaban J connectivity index is 2.86. The summed E-state index contributed by atoms with van der Waals surface area (Å²) >= 11 is 0. The van der Waals surface area contributed by atoms with E-state index in [0.29, 0.717) is 12.6 Å². The Morgan fingerprint density at radius 1 is 1.41 bits per heavy atom. The highest BCUT2D eigenvalue weighted by Gasteiger charge is 2.10. The second-order valence-corrected chi connectivity index (χ2v) is 4.20. The van der Waals surface area contributed by atoms with E-state index < -0.39 is 0 Å². The number of ether oxygens (including phenoxy) is 1. The van der Waals surface area contributed by atoms with Gasteiger partial charge in [0.15, 0.2) is 0 Å². The van der Waals surface area contributed by atoms with E-state index in [0.717, 1.165) is 12.3 Å². The average Bonchev–Trinajstić information content (AvgIpc) is 2.30. The molecule has 1 atom stereocenters. The molecule has 0 fully saturated rings. The molecule has 0 saturated carbocycles. The molecule has 0 spiro atoms. The largest absolute Gasteiger partial charge is 0.489 e. The smallest absolute Gasteiger partial charge is 0.124 e. The molecule has 0 aliphatic rings. The topological polar surface area (TPSA) is 21.3 Å². The number of rotatable bonds is 6. The summed E-state index contributed by atoms with van der Waals surface area (Å²) < 4.78 is 5.80. The normalized spacial score (nSPS) is 12.9. The average molecular weight is 233 g/mol. The summed E-state index contributed by atoms with van der Waals surface area (Å²) in [5, 5.41) is 3.41. The van der Waals surface area contributed by atoms with Crippen molar-refractivity contribution >= 4 is 0 Å². The van der Waals surface area contributed by atoms with Crippen molar-refractivity contribution in [2.75, 3.05) is 13.2 Å². The minimum Gasteiger partial charge on any atom is -0.489 e. The summed E-state index contributed by atoms with van der Waals surface area (Å²) in [7, 11) is 0. The Morgan fingerprint density at radius 2 is 2.18 bits per heavy atom. The molecule has 0 amide bonds. The van der Waals surface area contributed by atoms with E-state index in [1.165, 1.54) is 11.1 Å². The molecule has 0 aliphatic carbocycles. The van der Waals surface area contributed by atoms with Crippen molar-refractivity contribution < 1.29 is 4.74 Å². The van der Waals surface area contributed by atoms with Gasteiger partial charge in [0.25, 0.3) is 0 Å². The fourth-order valence-corrected chi connectivity index (χ4v) is 1.77. The third-order valence-corrected chi connectivity index (χ3v) is 2.72. The first-order chi connectivity index (χ1) is 8.19. The highest BCUT2D eigenvalue weighted by Crippen LogP contribution is 2.26. The van der Waals surface area contributed by atoms with Crippen LogP contribution in [0.1, 0.15) is 37.9 Å². The van der Waals surface area contributed by atoms with Crippen molar-refractivity contribution in [2.24, 2.45) is 0 Å². The molecule has 2 heteroatoms. The highest BCUT2D eigenvalue weighted by atomic mass is 16.5. The Hall–Kier alpha value is -1.28. The lowest BCUT2D eigenvalue weighted by Crippen LogP contribution is -2.18. The zero-order valence-electron chi connectivity index (χ0n) is 11.3. The first-order valence-electron chi connectivity index (χ1n) is 6.27. The van der Waals surface area contributed by atoms with Crippen LogP contribution in [0.25, 0.3) is 0 Å². The molecule has 2 nitrogen and oxygen atoms in total. The van der Waals surface area contributed by atoms with E-state index >= 15 is 0 Å². The fraction of sp³-hybridized carbons (Fsp3) is 0.467. The van der Waals surface area contributed by atoms with Crippen molar-refractivity contribution in [1.82, 2.24) is 5.32 Å². The summed E-state index contributed by atoms with van der Waals surface area (Å²) in [6, 6.07) is 6.70. The van der Waals surface area contributed by atoms with Gasteiger partial charge >= 0.3 is 0 Å². The lowest BCUT2D eigenvalue weighted by atomic mass is 10.0. The first-order valence-corrected chi connectivity index (χ1v) is 6.27. The van der Waals surface area contributed by atoms with E-state index in [1.54, 1.807) is 0 Å². The van der Waals surface area contributed by atoms with Gasteiger partial charge in [-0.1, -0.05) is 31.2 Å². The summed E-state index contributed by atoms with van der Waals surface area (Å²) in [5.74, 6) is 0.983. The molecule has 1 N–H and O–H groups in total. The quantitative estimate of drug-likeness (QED) is 0.758. The van der Waals surface area contributed by atoms with Crippen molar-refractivity contribution in [2.45, 2.75) is 33.7 Å². The van der Waals surface area contributed by atoms with E-state index in [9.17, 15) is 0 Å². The first kappa shape index (κ1) is 13.8. The van der Waals surface area contributed by atoms with Crippen LogP contribution in [0.15, 0.2) is 30.4 Å². The molecule has 0 heterocycles. The molecule has 1 rings (SSSR count). The van der Waals surface area contributed by atoms with Gasteiger partial charge in [-0.3, -0.25) is 0 Å². The molecule has 0 radical (unpaired) electrons. The Morgan fingerprint density at radius 3 is 2.82 bits per heavy atom. The molecule has 0 aliphatic heterocycles. The Kier molecular flexibility index (Phi) is 5.78. The van der Waals surface area contributed by atoms with Crippen LogP contribution < -0.4 is 10.1 Å². The van der Waals surface area contributed by atoms with Gasteiger partial charge in [0.05, 0.1) is 0 Å². The van der Waals surface area contributed by atoms with E-state index in [-0.39, 0.29) is 0 Å². The van der Waals surface area contributed by atoms with E-state index in [2.05, 4.69) is 44.3 Å². The number of hydrogen-bond acceptors (Lipinski definition) is 2. The number of nitrogens with one attached hydrogen (secondary N) is 1. The van der Waals surface area contributed by atoms with Crippen LogP contribution in [0.2, 0.25) is 0 Å². The van der Waals surface area contributed by atoms with Crippen LogP contribution >= 0.6 is 0 Å². The molecular weight excluding hydrogens is 210 g/mol. The van der Waals surface area contributed by atoms with Gasteiger partial charge in [-0.25, -0.2) is 0 Å². The predicted octanol–water partition coefficient (Wildman–Crippen LogP) is 3.62. The maximum absolute atomic E-state index is 5.80. The Bertz CT molecular complexity index is 371. The summed E-state index contributed by atoms with van der Waals surface area (Å²) in [4.78, 5) is 0. The van der Waals surface area contributed by atoms with Crippen molar-refractivity contribution in [1.29, 1.82) is 0 Å². The van der Waals surface area contributed by atoms with Gasteiger partial charge in [0.1, 0.15) is 12.4 Å². The third-order valence-electron chi connectivity index (χ3n) is 2.72. The van der Waals surface area contributed by atoms with Crippen molar-refractivity contribution in [3.05, 3.63) is 41.5 Å². The molecule has 1 aromatic rings. The standard InChI is InChI=1S/C15H23NO/c1-5-7-10-17-15-11-12(3)8-9-14(15)13(4)16-6-2/h5,7-9,11,13,16H,6,10H2,1-4H3. The SMILES string of the molecule is CC=CCOc1cc(C)ccc1C(C)NCC. The van der Waals surface area contributed by atoms with Gasteiger partial charge in [0, 0.05) is 11.6 Å². The second-order valence-electron chi connectivity index (χ2n) is 4.20.